The number of nitrogens with zero attached hydrogens (tertiary/aromatic N) is 3. The lowest BCUT2D eigenvalue weighted by Gasteiger charge is -2.07. The highest BCUT2D eigenvalue weighted by Crippen LogP contribution is 2.21. The number of nitrogens with one attached hydrogen (secondary N) is 2. The molecule has 2 aromatic rings. The molecule has 0 aliphatic heterocycles. The first kappa shape index (κ1) is 14.7. The highest BCUT2D eigenvalue weighted by Gasteiger charge is 2.09. The van der Waals surface area contributed by atoms with E-state index in [1.807, 2.05) is 0 Å². The summed E-state index contributed by atoms with van der Waals surface area (Å²) in [7, 11) is 0. The molecule has 110 valence electrons. The first-order valence-corrected chi connectivity index (χ1v) is 6.16. The Hall–Kier alpha value is -2.74. The van der Waals surface area contributed by atoms with Crippen LogP contribution in [0.5, 0.6) is 5.75 Å². The monoisotopic (exact) mass is 289 g/mol. The second-order valence-corrected chi connectivity index (χ2v) is 4.39. The predicted octanol–water partition coefficient (Wildman–Crippen LogP) is 0.426. The maximum atomic E-state index is 11.3. The second-order valence-electron chi connectivity index (χ2n) is 4.39. The van der Waals surface area contributed by atoms with Gasteiger partial charge in [-0.2, -0.15) is 5.10 Å². The molecule has 21 heavy (non-hydrogen) atoms. The van der Waals surface area contributed by atoms with E-state index in [9.17, 15) is 15.0 Å². The average molecular weight is 289 g/mol. The number of aromatic nitrogens is 3. The number of aromatic hydroxyl groups is 1. The number of anilines is 1. The Bertz CT molecular complexity index is 739. The molecular formula is C13H15N5O3. The van der Waals surface area contributed by atoms with Crippen molar-refractivity contribution < 1.29 is 10.2 Å². The molecule has 0 aliphatic rings. The molecule has 0 unspecified atom stereocenters. The molecule has 0 bridgehead atoms. The summed E-state index contributed by atoms with van der Waals surface area (Å²) >= 11 is 0. The molecule has 0 saturated heterocycles. The van der Waals surface area contributed by atoms with Crippen molar-refractivity contribution in [1.82, 2.24) is 15.0 Å². The largest absolute Gasteiger partial charge is 0.505 e. The Labute approximate surface area is 120 Å². The number of pyridine rings is 1. The SMILES string of the molecule is Cc1cc(=O)[nH]c(N/N=C/c2c(CO)cnc(C)c2O)n1. The number of aromatic amines is 1. The molecule has 2 aromatic heterocycles. The highest BCUT2D eigenvalue weighted by molar-refractivity contribution is 5.86. The Morgan fingerprint density at radius 2 is 2.24 bits per heavy atom. The van der Waals surface area contributed by atoms with Crippen LogP contribution in [-0.4, -0.2) is 31.4 Å². The van der Waals surface area contributed by atoms with Crippen LogP contribution >= 0.6 is 0 Å². The first-order valence-electron chi connectivity index (χ1n) is 6.16. The van der Waals surface area contributed by atoms with E-state index in [-0.39, 0.29) is 23.9 Å². The van der Waals surface area contributed by atoms with Gasteiger partial charge in [0, 0.05) is 29.1 Å². The van der Waals surface area contributed by atoms with Crippen molar-refractivity contribution in [3.63, 3.8) is 0 Å². The molecule has 0 atom stereocenters. The van der Waals surface area contributed by atoms with Gasteiger partial charge in [0.15, 0.2) is 0 Å². The van der Waals surface area contributed by atoms with Gasteiger partial charge in [0.05, 0.1) is 18.5 Å². The summed E-state index contributed by atoms with van der Waals surface area (Å²) < 4.78 is 0. The van der Waals surface area contributed by atoms with Gasteiger partial charge >= 0.3 is 0 Å². The molecule has 0 aliphatic carbocycles. The molecule has 0 saturated carbocycles. The van der Waals surface area contributed by atoms with Crippen LogP contribution in [0.4, 0.5) is 5.95 Å². The Morgan fingerprint density at radius 1 is 1.48 bits per heavy atom. The second kappa shape index (κ2) is 6.14. The third-order valence-electron chi connectivity index (χ3n) is 2.76. The van der Waals surface area contributed by atoms with Gasteiger partial charge in [-0.3, -0.25) is 14.8 Å². The minimum atomic E-state index is -0.293. The number of hydrazone groups is 1. The fraction of sp³-hybridized carbons (Fsp3) is 0.231. The van der Waals surface area contributed by atoms with Gasteiger partial charge in [-0.25, -0.2) is 10.4 Å². The van der Waals surface area contributed by atoms with Crippen LogP contribution in [0, 0.1) is 13.8 Å². The molecule has 0 spiro atoms. The summed E-state index contributed by atoms with van der Waals surface area (Å²) in [5, 5.41) is 23.1. The third-order valence-corrected chi connectivity index (χ3v) is 2.76. The molecule has 0 amide bonds. The number of aliphatic hydroxyl groups excluding tert-OH is 1. The molecule has 0 aromatic carbocycles. The zero-order valence-electron chi connectivity index (χ0n) is 11.6. The molecular weight excluding hydrogens is 274 g/mol. The number of aliphatic hydroxyl groups is 1. The first-order chi connectivity index (χ1) is 10.0. The summed E-state index contributed by atoms with van der Waals surface area (Å²) in [6, 6.07) is 1.36. The molecule has 4 N–H and O–H groups in total. The van der Waals surface area contributed by atoms with Gasteiger partial charge in [0.25, 0.3) is 5.56 Å². The number of H-pyrrole nitrogens is 1. The standard InChI is InChI=1S/C13H15N5O3/c1-7-3-11(20)17-13(16-7)18-15-5-10-9(6-19)4-14-8(2)12(10)21/h3-5,19,21H,6H2,1-2H3,(H2,16,17,18,20)/b15-5+. The van der Waals surface area contributed by atoms with E-state index in [1.165, 1.54) is 18.5 Å². The van der Waals surface area contributed by atoms with E-state index in [2.05, 4.69) is 25.5 Å². The number of rotatable bonds is 4. The summed E-state index contributed by atoms with van der Waals surface area (Å²) in [5.74, 6) is 0.130. The molecule has 0 radical (unpaired) electrons. The van der Waals surface area contributed by atoms with Crippen molar-refractivity contribution in [2.45, 2.75) is 20.5 Å². The Kier molecular flexibility index (Phi) is 4.29. The van der Waals surface area contributed by atoms with Crippen LogP contribution in [-0.2, 0) is 6.61 Å². The maximum absolute atomic E-state index is 11.3. The van der Waals surface area contributed by atoms with Crippen LogP contribution in [0.3, 0.4) is 0 Å². The van der Waals surface area contributed by atoms with E-state index in [1.54, 1.807) is 13.8 Å². The Morgan fingerprint density at radius 3 is 2.90 bits per heavy atom. The van der Waals surface area contributed by atoms with Gasteiger partial charge in [-0.15, -0.1) is 0 Å². The zero-order valence-corrected chi connectivity index (χ0v) is 11.6. The third kappa shape index (κ3) is 3.42. The van der Waals surface area contributed by atoms with Crippen LogP contribution < -0.4 is 11.0 Å². The van der Waals surface area contributed by atoms with E-state index in [0.717, 1.165) is 0 Å². The Balaban J connectivity index is 2.25. The summed E-state index contributed by atoms with van der Waals surface area (Å²) in [6.45, 7) is 3.05. The molecule has 2 rings (SSSR count). The van der Waals surface area contributed by atoms with Gasteiger partial charge in [-0.1, -0.05) is 0 Å². The highest BCUT2D eigenvalue weighted by atomic mass is 16.3. The maximum Gasteiger partial charge on any atom is 0.252 e. The van der Waals surface area contributed by atoms with Gasteiger partial charge in [0.2, 0.25) is 5.95 Å². The molecule has 8 nitrogen and oxygen atoms in total. The van der Waals surface area contributed by atoms with E-state index < -0.39 is 0 Å². The number of aryl methyl sites for hydroxylation is 2. The fourth-order valence-corrected chi connectivity index (χ4v) is 1.71. The van der Waals surface area contributed by atoms with Crippen molar-refractivity contribution in [3.8, 4) is 5.75 Å². The smallest absolute Gasteiger partial charge is 0.252 e. The summed E-state index contributed by atoms with van der Waals surface area (Å²) in [4.78, 5) is 21.7. The lowest BCUT2D eigenvalue weighted by atomic mass is 10.1. The van der Waals surface area contributed by atoms with Crippen LogP contribution in [0.25, 0.3) is 0 Å². The van der Waals surface area contributed by atoms with Crippen molar-refractivity contribution in [2.75, 3.05) is 5.43 Å². The normalized spacial score (nSPS) is 11.0. The minimum Gasteiger partial charge on any atom is -0.505 e. The van der Waals surface area contributed by atoms with Gasteiger partial charge in [0.1, 0.15) is 5.75 Å². The lowest BCUT2D eigenvalue weighted by Crippen LogP contribution is -2.10. The van der Waals surface area contributed by atoms with Gasteiger partial charge < -0.3 is 10.2 Å². The van der Waals surface area contributed by atoms with Crippen LogP contribution in [0.15, 0.2) is 22.2 Å². The van der Waals surface area contributed by atoms with E-state index >= 15 is 0 Å². The molecule has 0 fully saturated rings. The molecule has 2 heterocycles. The van der Waals surface area contributed by atoms with E-state index in [4.69, 9.17) is 0 Å². The topological polar surface area (TPSA) is 123 Å². The van der Waals surface area contributed by atoms with Crippen LogP contribution in [0.2, 0.25) is 0 Å². The van der Waals surface area contributed by atoms with Crippen LogP contribution in [0.1, 0.15) is 22.5 Å². The summed E-state index contributed by atoms with van der Waals surface area (Å²) in [6.07, 6.45) is 2.79. The van der Waals surface area contributed by atoms with Crippen molar-refractivity contribution >= 4 is 12.2 Å². The number of hydrogen-bond acceptors (Lipinski definition) is 7. The lowest BCUT2D eigenvalue weighted by molar-refractivity contribution is 0.280. The fourth-order valence-electron chi connectivity index (χ4n) is 1.71. The average Bonchev–Trinajstić information content (AvgIpc) is 2.42. The summed E-state index contributed by atoms with van der Waals surface area (Å²) in [5.41, 5.74) is 4.04. The minimum absolute atomic E-state index is 0.0576. The van der Waals surface area contributed by atoms with Crippen molar-refractivity contribution in [1.29, 1.82) is 0 Å². The van der Waals surface area contributed by atoms with Crippen molar-refractivity contribution in [3.05, 3.63) is 45.1 Å². The quantitative estimate of drug-likeness (QED) is 0.478. The zero-order chi connectivity index (χ0) is 15.4. The van der Waals surface area contributed by atoms with Crippen molar-refractivity contribution in [2.24, 2.45) is 5.10 Å². The van der Waals surface area contributed by atoms with E-state index in [0.29, 0.717) is 22.5 Å². The molecule has 8 heteroatoms. The predicted molar refractivity (Wildman–Crippen MR) is 77.4 cm³/mol. The number of hydrogen-bond donors (Lipinski definition) is 4. The van der Waals surface area contributed by atoms with Gasteiger partial charge in [-0.05, 0) is 13.8 Å².